The number of benzene rings is 1. The van der Waals surface area contributed by atoms with Crippen LogP contribution in [-0.4, -0.2) is 11.5 Å². The van der Waals surface area contributed by atoms with Crippen LogP contribution in [-0.2, 0) is 6.18 Å². The van der Waals surface area contributed by atoms with Crippen molar-refractivity contribution in [3.63, 3.8) is 0 Å². The van der Waals surface area contributed by atoms with E-state index in [9.17, 15) is 13.2 Å². The van der Waals surface area contributed by atoms with Crippen molar-refractivity contribution >= 4 is 39.8 Å². The van der Waals surface area contributed by atoms with Gasteiger partial charge in [-0.1, -0.05) is 30.1 Å². The van der Waals surface area contributed by atoms with E-state index in [4.69, 9.17) is 23.2 Å². The molecule has 0 saturated carbocycles. The molecule has 1 N–H and O–H groups in total. The third kappa shape index (κ3) is 3.10. The fraction of sp³-hybridized carbons (Fsp3) is 0.308. The summed E-state index contributed by atoms with van der Waals surface area (Å²) >= 11 is 11.8. The molecule has 7 heteroatoms. The summed E-state index contributed by atoms with van der Waals surface area (Å²) < 4.78 is 38.6. The molecule has 0 atom stereocenters. The Kier molecular flexibility index (Phi) is 4.30. The van der Waals surface area contributed by atoms with Gasteiger partial charge in [0.15, 0.2) is 0 Å². The summed E-state index contributed by atoms with van der Waals surface area (Å²) in [7, 11) is 0. The lowest BCUT2D eigenvalue weighted by Gasteiger charge is -2.14. The summed E-state index contributed by atoms with van der Waals surface area (Å²) in [4.78, 5) is 3.60. The molecule has 0 fully saturated rings. The Bertz CT molecular complexity index is 642. The highest BCUT2D eigenvalue weighted by molar-refractivity contribution is 6.38. The molecule has 0 aliphatic rings. The Morgan fingerprint density at radius 2 is 1.90 bits per heavy atom. The maximum Gasteiger partial charge on any atom is 0.433 e. The number of rotatable bonds is 3. The average molecular weight is 323 g/mol. The molecule has 0 unspecified atom stereocenters. The summed E-state index contributed by atoms with van der Waals surface area (Å²) in [5.74, 6) is 0. The third-order valence-electron chi connectivity index (χ3n) is 2.69. The quantitative estimate of drug-likeness (QED) is 0.820. The van der Waals surface area contributed by atoms with Crippen LogP contribution in [0.25, 0.3) is 10.9 Å². The van der Waals surface area contributed by atoms with Crippen molar-refractivity contribution < 1.29 is 13.2 Å². The maximum atomic E-state index is 12.9. The molecule has 0 spiro atoms. The van der Waals surface area contributed by atoms with E-state index in [0.29, 0.717) is 22.6 Å². The zero-order valence-corrected chi connectivity index (χ0v) is 12.0. The van der Waals surface area contributed by atoms with Crippen LogP contribution >= 0.6 is 23.2 Å². The van der Waals surface area contributed by atoms with E-state index in [1.807, 2.05) is 6.92 Å². The van der Waals surface area contributed by atoms with Gasteiger partial charge in [0.05, 0.1) is 10.5 Å². The second-order valence-corrected chi connectivity index (χ2v) is 5.11. The Morgan fingerprint density at radius 3 is 2.50 bits per heavy atom. The van der Waals surface area contributed by atoms with Crippen molar-refractivity contribution in [2.75, 3.05) is 11.9 Å². The number of hydrogen-bond acceptors (Lipinski definition) is 2. The van der Waals surface area contributed by atoms with Crippen molar-refractivity contribution in [1.82, 2.24) is 4.98 Å². The van der Waals surface area contributed by atoms with Gasteiger partial charge >= 0.3 is 6.18 Å². The van der Waals surface area contributed by atoms with Crippen LogP contribution in [0.5, 0.6) is 0 Å². The largest absolute Gasteiger partial charge is 0.433 e. The predicted octanol–water partition coefficient (Wildman–Crippen LogP) is 5.38. The number of halogens is 5. The third-order valence-corrected chi connectivity index (χ3v) is 3.19. The number of pyridine rings is 1. The lowest BCUT2D eigenvalue weighted by Crippen LogP contribution is -2.10. The second kappa shape index (κ2) is 5.66. The zero-order chi connectivity index (χ0) is 14.9. The molecule has 1 aromatic heterocycles. The highest BCUT2D eigenvalue weighted by atomic mass is 35.5. The highest BCUT2D eigenvalue weighted by Gasteiger charge is 2.33. The molecule has 0 amide bonds. The second-order valence-electron chi connectivity index (χ2n) is 4.26. The number of nitrogens with zero attached hydrogens (tertiary/aromatic N) is 1. The molecule has 20 heavy (non-hydrogen) atoms. The Morgan fingerprint density at radius 1 is 1.20 bits per heavy atom. The lowest BCUT2D eigenvalue weighted by molar-refractivity contribution is -0.140. The highest BCUT2D eigenvalue weighted by Crippen LogP contribution is 2.36. The smallest absolute Gasteiger partial charge is 0.384 e. The fourth-order valence-corrected chi connectivity index (χ4v) is 2.34. The van der Waals surface area contributed by atoms with Crippen LogP contribution in [0.2, 0.25) is 10.0 Å². The first-order chi connectivity index (χ1) is 9.32. The minimum absolute atomic E-state index is 0.0875. The van der Waals surface area contributed by atoms with E-state index in [0.717, 1.165) is 12.5 Å². The minimum Gasteiger partial charge on any atom is -0.384 e. The van der Waals surface area contributed by atoms with Crippen LogP contribution in [0.1, 0.15) is 19.0 Å². The van der Waals surface area contributed by atoms with Gasteiger partial charge < -0.3 is 5.32 Å². The van der Waals surface area contributed by atoms with Crippen LogP contribution in [0.3, 0.4) is 0 Å². The molecule has 108 valence electrons. The van der Waals surface area contributed by atoms with Crippen LogP contribution < -0.4 is 5.32 Å². The van der Waals surface area contributed by atoms with Gasteiger partial charge in [-0.25, -0.2) is 4.98 Å². The first-order valence-electron chi connectivity index (χ1n) is 5.93. The van der Waals surface area contributed by atoms with Crippen LogP contribution in [0, 0.1) is 0 Å². The molecule has 1 heterocycles. The minimum atomic E-state index is -4.53. The van der Waals surface area contributed by atoms with Gasteiger partial charge in [-0.3, -0.25) is 0 Å². The summed E-state index contributed by atoms with van der Waals surface area (Å²) in [6.07, 6.45) is -3.75. The molecule has 0 aliphatic heterocycles. The maximum absolute atomic E-state index is 12.9. The molecular formula is C13H11Cl2F3N2. The number of alkyl halides is 3. The molecule has 0 saturated heterocycles. The first kappa shape index (κ1) is 15.2. The topological polar surface area (TPSA) is 24.9 Å². The molecule has 2 rings (SSSR count). The van der Waals surface area contributed by atoms with Gasteiger partial charge in [0.2, 0.25) is 0 Å². The van der Waals surface area contributed by atoms with Crippen LogP contribution in [0.4, 0.5) is 18.9 Å². The lowest BCUT2D eigenvalue weighted by atomic mass is 10.1. The van der Waals surface area contributed by atoms with Gasteiger partial charge in [0, 0.05) is 22.6 Å². The van der Waals surface area contributed by atoms with Gasteiger partial charge in [-0.05, 0) is 24.6 Å². The number of aromatic nitrogens is 1. The predicted molar refractivity (Wildman–Crippen MR) is 75.5 cm³/mol. The van der Waals surface area contributed by atoms with E-state index in [-0.39, 0.29) is 10.5 Å². The standard InChI is InChI=1S/C13H11Cl2F3N2/c1-2-3-19-10-6-11(13(16,17)18)20-12-8(10)4-7(14)5-9(12)15/h4-6H,2-3H2,1H3,(H,19,20). The van der Waals surface area contributed by atoms with Crippen molar-refractivity contribution in [2.45, 2.75) is 19.5 Å². The van der Waals surface area contributed by atoms with Gasteiger partial charge in [0.25, 0.3) is 0 Å². The molecule has 2 aromatic rings. The van der Waals surface area contributed by atoms with E-state index < -0.39 is 11.9 Å². The van der Waals surface area contributed by atoms with Gasteiger partial charge in [0.1, 0.15) is 5.69 Å². The monoisotopic (exact) mass is 322 g/mol. The Labute approximate surface area is 123 Å². The number of fused-ring (bicyclic) bond motifs is 1. The molecular weight excluding hydrogens is 312 g/mol. The molecule has 0 bridgehead atoms. The normalized spacial score (nSPS) is 11.9. The molecule has 2 nitrogen and oxygen atoms in total. The number of hydrogen-bond donors (Lipinski definition) is 1. The van der Waals surface area contributed by atoms with Gasteiger partial charge in [-0.2, -0.15) is 13.2 Å². The number of anilines is 1. The molecule has 0 aliphatic carbocycles. The van der Waals surface area contributed by atoms with E-state index in [1.54, 1.807) is 6.07 Å². The average Bonchev–Trinajstić information content (AvgIpc) is 2.34. The Balaban J connectivity index is 2.71. The Hall–Kier alpha value is -1.20. The van der Waals surface area contributed by atoms with Gasteiger partial charge in [-0.15, -0.1) is 0 Å². The first-order valence-corrected chi connectivity index (χ1v) is 6.69. The molecule has 0 radical (unpaired) electrons. The summed E-state index contributed by atoms with van der Waals surface area (Å²) in [5.41, 5.74) is -0.564. The SMILES string of the molecule is CCCNc1cc(C(F)(F)F)nc2c(Cl)cc(Cl)cc12. The van der Waals surface area contributed by atoms with Crippen molar-refractivity contribution in [3.05, 3.63) is 33.9 Å². The van der Waals surface area contributed by atoms with Crippen molar-refractivity contribution in [3.8, 4) is 0 Å². The van der Waals surface area contributed by atoms with E-state index in [1.165, 1.54) is 6.07 Å². The van der Waals surface area contributed by atoms with Crippen molar-refractivity contribution in [1.29, 1.82) is 0 Å². The van der Waals surface area contributed by atoms with Crippen molar-refractivity contribution in [2.24, 2.45) is 0 Å². The van der Waals surface area contributed by atoms with E-state index >= 15 is 0 Å². The molecule has 1 aromatic carbocycles. The summed E-state index contributed by atoms with van der Waals surface area (Å²) in [6.45, 7) is 2.46. The van der Waals surface area contributed by atoms with Crippen LogP contribution in [0.15, 0.2) is 18.2 Å². The fourth-order valence-electron chi connectivity index (χ4n) is 1.80. The summed E-state index contributed by atoms with van der Waals surface area (Å²) in [6, 6.07) is 3.90. The summed E-state index contributed by atoms with van der Waals surface area (Å²) in [5, 5.41) is 3.87. The zero-order valence-electron chi connectivity index (χ0n) is 10.5. The van der Waals surface area contributed by atoms with E-state index in [2.05, 4.69) is 10.3 Å². The number of nitrogens with one attached hydrogen (secondary N) is 1.